The molecule has 0 aromatic heterocycles. The van der Waals surface area contributed by atoms with Gasteiger partial charge in [-0.2, -0.15) is 4.72 Å². The maximum atomic E-state index is 12.1. The number of hydrogen-bond donors (Lipinski definition) is 1. The standard InChI is InChI=1S/C15H16N2O3S/c1-17(15(18)13-8-4-2-5-9-13)12-16-21(19,20)14-10-6-3-7-11-14/h2-11,16H,12H2,1H3. The van der Waals surface area contributed by atoms with E-state index < -0.39 is 10.0 Å². The summed E-state index contributed by atoms with van der Waals surface area (Å²) in [6.45, 7) is -0.0923. The van der Waals surface area contributed by atoms with Gasteiger partial charge in [-0.3, -0.25) is 4.79 Å². The molecule has 0 unspecified atom stereocenters. The molecule has 1 N–H and O–H groups in total. The van der Waals surface area contributed by atoms with Crippen molar-refractivity contribution < 1.29 is 13.2 Å². The second-order valence-corrected chi connectivity index (χ2v) is 6.26. The van der Waals surface area contributed by atoms with E-state index in [1.54, 1.807) is 49.5 Å². The van der Waals surface area contributed by atoms with Crippen molar-refractivity contribution in [3.8, 4) is 0 Å². The van der Waals surface area contributed by atoms with Crippen LogP contribution in [0.4, 0.5) is 0 Å². The van der Waals surface area contributed by atoms with Gasteiger partial charge in [0.1, 0.15) is 0 Å². The van der Waals surface area contributed by atoms with Crippen molar-refractivity contribution >= 4 is 15.9 Å². The first kappa shape index (κ1) is 15.2. The minimum Gasteiger partial charge on any atom is -0.328 e. The maximum absolute atomic E-state index is 12.1. The highest BCUT2D eigenvalue weighted by molar-refractivity contribution is 7.89. The van der Waals surface area contributed by atoms with Gasteiger partial charge < -0.3 is 4.90 Å². The third-order valence-corrected chi connectivity index (χ3v) is 4.31. The van der Waals surface area contributed by atoms with Gasteiger partial charge in [-0.25, -0.2) is 8.42 Å². The van der Waals surface area contributed by atoms with Crippen molar-refractivity contribution in [3.63, 3.8) is 0 Å². The zero-order valence-corrected chi connectivity index (χ0v) is 12.4. The van der Waals surface area contributed by atoms with E-state index in [4.69, 9.17) is 0 Å². The minimum absolute atomic E-state index is 0.0923. The van der Waals surface area contributed by atoms with Gasteiger partial charge in [-0.15, -0.1) is 0 Å². The maximum Gasteiger partial charge on any atom is 0.254 e. The largest absolute Gasteiger partial charge is 0.328 e. The summed E-state index contributed by atoms with van der Waals surface area (Å²) in [4.78, 5) is 13.6. The second-order valence-electron chi connectivity index (χ2n) is 4.49. The van der Waals surface area contributed by atoms with Gasteiger partial charge in [0, 0.05) is 12.6 Å². The first-order valence-corrected chi connectivity index (χ1v) is 7.84. The fraction of sp³-hybridized carbons (Fsp3) is 0.133. The molecule has 0 saturated heterocycles. The number of hydrogen-bond acceptors (Lipinski definition) is 3. The molecule has 5 nitrogen and oxygen atoms in total. The van der Waals surface area contributed by atoms with Gasteiger partial charge in [-0.1, -0.05) is 36.4 Å². The quantitative estimate of drug-likeness (QED) is 0.855. The SMILES string of the molecule is CN(CNS(=O)(=O)c1ccccc1)C(=O)c1ccccc1. The van der Waals surface area contributed by atoms with Crippen molar-refractivity contribution in [2.75, 3.05) is 13.7 Å². The molecule has 0 radical (unpaired) electrons. The number of carbonyl (C=O) groups is 1. The zero-order valence-electron chi connectivity index (χ0n) is 11.6. The summed E-state index contributed by atoms with van der Waals surface area (Å²) in [7, 11) is -2.07. The molecule has 0 aliphatic carbocycles. The van der Waals surface area contributed by atoms with E-state index in [1.807, 2.05) is 6.07 Å². The van der Waals surface area contributed by atoms with Crippen LogP contribution in [0.5, 0.6) is 0 Å². The summed E-state index contributed by atoms with van der Waals surface area (Å²) >= 11 is 0. The van der Waals surface area contributed by atoms with Gasteiger partial charge in [0.15, 0.2) is 0 Å². The van der Waals surface area contributed by atoms with E-state index in [0.29, 0.717) is 5.56 Å². The van der Waals surface area contributed by atoms with Crippen molar-refractivity contribution in [1.82, 2.24) is 9.62 Å². The van der Waals surface area contributed by atoms with Crippen molar-refractivity contribution in [2.45, 2.75) is 4.90 Å². The molecular weight excluding hydrogens is 288 g/mol. The summed E-state index contributed by atoms with van der Waals surface area (Å²) in [5.74, 6) is -0.244. The van der Waals surface area contributed by atoms with E-state index in [1.165, 1.54) is 17.0 Å². The summed E-state index contributed by atoms with van der Waals surface area (Å²) in [6.07, 6.45) is 0. The topological polar surface area (TPSA) is 66.5 Å². The lowest BCUT2D eigenvalue weighted by atomic mass is 10.2. The van der Waals surface area contributed by atoms with Crippen molar-refractivity contribution in [2.24, 2.45) is 0 Å². The van der Waals surface area contributed by atoms with E-state index in [-0.39, 0.29) is 17.5 Å². The Morgan fingerprint density at radius 1 is 1.00 bits per heavy atom. The Hall–Kier alpha value is -2.18. The number of rotatable bonds is 5. The van der Waals surface area contributed by atoms with E-state index in [0.717, 1.165) is 0 Å². The van der Waals surface area contributed by atoms with Crippen LogP contribution in [0.2, 0.25) is 0 Å². The van der Waals surface area contributed by atoms with Crippen LogP contribution in [0.1, 0.15) is 10.4 Å². The van der Waals surface area contributed by atoms with Crippen molar-refractivity contribution in [1.29, 1.82) is 0 Å². The summed E-state index contributed by atoms with van der Waals surface area (Å²) < 4.78 is 26.5. The Labute approximate surface area is 124 Å². The Bertz CT molecular complexity index is 700. The number of benzene rings is 2. The molecule has 1 amide bonds. The van der Waals surface area contributed by atoms with Gasteiger partial charge >= 0.3 is 0 Å². The fourth-order valence-electron chi connectivity index (χ4n) is 1.74. The van der Waals surface area contributed by atoms with Crippen molar-refractivity contribution in [3.05, 3.63) is 66.2 Å². The van der Waals surface area contributed by atoms with Crippen LogP contribution in [0, 0.1) is 0 Å². The van der Waals surface area contributed by atoms with Gasteiger partial charge in [0.05, 0.1) is 11.6 Å². The monoisotopic (exact) mass is 304 g/mol. The molecule has 110 valence electrons. The van der Waals surface area contributed by atoms with E-state index in [2.05, 4.69) is 4.72 Å². The van der Waals surface area contributed by atoms with Crippen LogP contribution < -0.4 is 4.72 Å². The average molecular weight is 304 g/mol. The first-order chi connectivity index (χ1) is 10.0. The van der Waals surface area contributed by atoms with E-state index >= 15 is 0 Å². The average Bonchev–Trinajstić information content (AvgIpc) is 2.53. The Morgan fingerprint density at radius 3 is 2.10 bits per heavy atom. The molecule has 6 heteroatoms. The predicted molar refractivity (Wildman–Crippen MR) is 80.2 cm³/mol. The lowest BCUT2D eigenvalue weighted by molar-refractivity contribution is 0.0793. The number of nitrogens with zero attached hydrogens (tertiary/aromatic N) is 1. The van der Waals surface area contributed by atoms with Gasteiger partial charge in [0.2, 0.25) is 10.0 Å². The lowest BCUT2D eigenvalue weighted by Crippen LogP contribution is -2.38. The summed E-state index contributed by atoms with van der Waals surface area (Å²) in [5.41, 5.74) is 0.513. The minimum atomic E-state index is -3.61. The molecule has 0 aliphatic heterocycles. The highest BCUT2D eigenvalue weighted by Crippen LogP contribution is 2.07. The van der Waals surface area contributed by atoms with Crippen LogP contribution in [0.25, 0.3) is 0 Å². The highest BCUT2D eigenvalue weighted by Gasteiger charge is 2.16. The molecule has 0 atom stereocenters. The zero-order chi connectivity index (χ0) is 15.3. The molecule has 0 aliphatic rings. The van der Waals surface area contributed by atoms with Crippen LogP contribution >= 0.6 is 0 Å². The summed E-state index contributed by atoms with van der Waals surface area (Å²) in [5, 5.41) is 0. The van der Waals surface area contributed by atoms with Gasteiger partial charge in [-0.05, 0) is 24.3 Å². The molecule has 2 rings (SSSR count). The predicted octanol–water partition coefficient (Wildman–Crippen LogP) is 1.69. The van der Waals surface area contributed by atoms with Gasteiger partial charge in [0.25, 0.3) is 5.91 Å². The molecule has 0 heterocycles. The second kappa shape index (κ2) is 6.51. The molecule has 0 fully saturated rings. The Balaban J connectivity index is 2.01. The molecule has 0 spiro atoms. The third-order valence-electron chi connectivity index (χ3n) is 2.91. The molecule has 21 heavy (non-hydrogen) atoms. The molecular formula is C15H16N2O3S. The molecule has 0 bridgehead atoms. The fourth-order valence-corrected chi connectivity index (χ4v) is 2.78. The third kappa shape index (κ3) is 3.90. The van der Waals surface area contributed by atoms with Crippen LogP contribution in [0.15, 0.2) is 65.6 Å². The first-order valence-electron chi connectivity index (χ1n) is 6.36. The number of nitrogens with one attached hydrogen (secondary N) is 1. The number of amides is 1. The van der Waals surface area contributed by atoms with Crippen LogP contribution in [-0.4, -0.2) is 32.9 Å². The molecule has 2 aromatic rings. The smallest absolute Gasteiger partial charge is 0.254 e. The van der Waals surface area contributed by atoms with Crippen LogP contribution in [0.3, 0.4) is 0 Å². The number of sulfonamides is 1. The molecule has 2 aromatic carbocycles. The lowest BCUT2D eigenvalue weighted by Gasteiger charge is -2.18. The van der Waals surface area contributed by atoms with Crippen LogP contribution in [-0.2, 0) is 10.0 Å². The Morgan fingerprint density at radius 2 is 1.52 bits per heavy atom. The Kier molecular flexibility index (Phi) is 4.72. The number of carbonyl (C=O) groups excluding carboxylic acids is 1. The molecule has 0 saturated carbocycles. The normalized spacial score (nSPS) is 11.1. The van der Waals surface area contributed by atoms with E-state index in [9.17, 15) is 13.2 Å². The summed E-state index contributed by atoms with van der Waals surface area (Å²) in [6, 6.07) is 16.7. The highest BCUT2D eigenvalue weighted by atomic mass is 32.2.